The third-order valence-electron chi connectivity index (χ3n) is 5.55. The maximum absolute atomic E-state index is 12.8. The molecule has 0 heterocycles. The second kappa shape index (κ2) is 14.4. The maximum Gasteiger partial charge on any atom is 0.247 e. The molecule has 1 aromatic rings. The molecule has 3 atom stereocenters. The van der Waals surface area contributed by atoms with Gasteiger partial charge in [0, 0.05) is 50.8 Å². The number of hydrogen-bond acceptors (Lipinski definition) is 8. The number of carbonyl (C=O) groups excluding carboxylic acids is 3. The number of ether oxygens (including phenoxy) is 3. The Kier molecular flexibility index (Phi) is 11.9. The zero-order valence-electron chi connectivity index (χ0n) is 20.2. The van der Waals surface area contributed by atoms with Crippen LogP contribution in [0.4, 0.5) is 0 Å². The number of amides is 2. The summed E-state index contributed by atoms with van der Waals surface area (Å²) in [5.41, 5.74) is 0.727. The maximum atomic E-state index is 12.8. The standard InChI is InChI=1S/C24H33IN2O8/c1-4-34-9-5-7-27(15(2)30)19-12-17(24(32)26-6-8-28)13-20(22(19)31)35-23-18(25)10-16(14-29)11-21(23)33-3/h10-11,13-14,19-20,22,28,31H,4-9,12H2,1-3H3,(H,26,32)/t19-,20+,22+/m1/s1. The zero-order valence-corrected chi connectivity index (χ0v) is 22.3. The van der Waals surface area contributed by atoms with Gasteiger partial charge in [-0.05, 0) is 54.1 Å². The quantitative estimate of drug-likeness (QED) is 0.174. The van der Waals surface area contributed by atoms with E-state index in [1.807, 2.05) is 29.5 Å². The van der Waals surface area contributed by atoms with E-state index in [1.165, 1.54) is 31.1 Å². The van der Waals surface area contributed by atoms with Crippen molar-refractivity contribution < 1.29 is 38.8 Å². The van der Waals surface area contributed by atoms with Gasteiger partial charge < -0.3 is 34.6 Å². The van der Waals surface area contributed by atoms with Crippen molar-refractivity contribution >= 4 is 40.7 Å². The minimum Gasteiger partial charge on any atom is -0.493 e. The van der Waals surface area contributed by atoms with Crippen LogP contribution >= 0.6 is 22.6 Å². The molecule has 1 aromatic carbocycles. The molecule has 0 fully saturated rings. The van der Waals surface area contributed by atoms with E-state index in [1.54, 1.807) is 6.07 Å². The van der Waals surface area contributed by atoms with Crippen LogP contribution < -0.4 is 14.8 Å². The van der Waals surface area contributed by atoms with Crippen LogP contribution in [0.15, 0.2) is 23.8 Å². The van der Waals surface area contributed by atoms with Gasteiger partial charge in [-0.15, -0.1) is 0 Å². The van der Waals surface area contributed by atoms with Crippen molar-refractivity contribution in [2.45, 2.75) is 44.9 Å². The van der Waals surface area contributed by atoms with E-state index in [-0.39, 0.29) is 25.5 Å². The molecule has 1 aliphatic rings. The van der Waals surface area contributed by atoms with Crippen molar-refractivity contribution in [2.75, 3.05) is 40.0 Å². The number of nitrogens with zero attached hydrogens (tertiary/aromatic N) is 1. The Morgan fingerprint density at radius 3 is 2.69 bits per heavy atom. The van der Waals surface area contributed by atoms with E-state index in [0.717, 1.165) is 0 Å². The lowest BCUT2D eigenvalue weighted by Crippen LogP contribution is -2.55. The van der Waals surface area contributed by atoms with Gasteiger partial charge in [0.05, 0.1) is 23.3 Å². The SMILES string of the molecule is CCOCCCN(C(C)=O)[C@@H]1CC(C(=O)NCCO)=C[C@H](Oc2c(I)cc(C=O)cc2OC)[C@H]1O. The van der Waals surface area contributed by atoms with Gasteiger partial charge in [-0.2, -0.15) is 0 Å². The predicted molar refractivity (Wildman–Crippen MR) is 137 cm³/mol. The van der Waals surface area contributed by atoms with Crippen LogP contribution in [-0.4, -0.2) is 91.5 Å². The number of carbonyl (C=O) groups is 3. The van der Waals surface area contributed by atoms with Crippen LogP contribution in [0.25, 0.3) is 0 Å². The smallest absolute Gasteiger partial charge is 0.247 e. The topological polar surface area (TPSA) is 135 Å². The van der Waals surface area contributed by atoms with Crippen molar-refractivity contribution in [3.05, 3.63) is 32.9 Å². The van der Waals surface area contributed by atoms with Gasteiger partial charge in [0.25, 0.3) is 0 Å². The van der Waals surface area contributed by atoms with Crippen LogP contribution in [0.1, 0.15) is 37.0 Å². The minimum atomic E-state index is -1.15. The fourth-order valence-corrected chi connectivity index (χ4v) is 4.63. The molecule has 0 bridgehead atoms. The Labute approximate surface area is 218 Å². The molecular formula is C24H33IN2O8. The Morgan fingerprint density at radius 2 is 2.09 bits per heavy atom. The Bertz CT molecular complexity index is 923. The summed E-state index contributed by atoms with van der Waals surface area (Å²) in [7, 11) is 1.44. The van der Waals surface area contributed by atoms with Crippen molar-refractivity contribution in [3.8, 4) is 11.5 Å². The normalized spacial score (nSPS) is 19.5. The highest BCUT2D eigenvalue weighted by Gasteiger charge is 2.40. The summed E-state index contributed by atoms with van der Waals surface area (Å²) in [6.07, 6.45) is 0.765. The average molecular weight is 604 g/mol. The molecule has 0 saturated heterocycles. The molecule has 2 rings (SSSR count). The number of methoxy groups -OCH3 is 1. The Morgan fingerprint density at radius 1 is 1.34 bits per heavy atom. The van der Waals surface area contributed by atoms with E-state index in [9.17, 15) is 19.5 Å². The average Bonchev–Trinajstić information content (AvgIpc) is 2.84. The molecule has 0 aromatic heterocycles. The molecule has 0 radical (unpaired) electrons. The molecule has 10 nitrogen and oxygen atoms in total. The van der Waals surface area contributed by atoms with Crippen molar-refractivity contribution in [2.24, 2.45) is 0 Å². The van der Waals surface area contributed by atoms with Gasteiger partial charge in [0.15, 0.2) is 11.5 Å². The third-order valence-corrected chi connectivity index (χ3v) is 6.35. The van der Waals surface area contributed by atoms with Crippen LogP contribution in [0.3, 0.4) is 0 Å². The molecule has 0 spiro atoms. The predicted octanol–water partition coefficient (Wildman–Crippen LogP) is 1.30. The highest BCUT2D eigenvalue weighted by Crippen LogP contribution is 2.36. The third kappa shape index (κ3) is 7.89. The summed E-state index contributed by atoms with van der Waals surface area (Å²) in [6.45, 7) is 4.50. The zero-order chi connectivity index (χ0) is 26.0. The van der Waals surface area contributed by atoms with E-state index in [0.29, 0.717) is 58.7 Å². The van der Waals surface area contributed by atoms with Crippen LogP contribution in [0, 0.1) is 3.57 Å². The molecule has 0 saturated carbocycles. The van der Waals surface area contributed by atoms with E-state index < -0.39 is 24.2 Å². The minimum absolute atomic E-state index is 0.0680. The first-order chi connectivity index (χ1) is 16.8. The van der Waals surface area contributed by atoms with E-state index in [2.05, 4.69) is 5.32 Å². The monoisotopic (exact) mass is 604 g/mol. The number of hydrogen-bond donors (Lipinski definition) is 3. The molecule has 194 valence electrons. The van der Waals surface area contributed by atoms with E-state index >= 15 is 0 Å². The summed E-state index contributed by atoms with van der Waals surface area (Å²) in [6, 6.07) is 2.41. The molecule has 0 unspecified atom stereocenters. The van der Waals surface area contributed by atoms with Gasteiger partial charge in [-0.1, -0.05) is 0 Å². The number of aliphatic hydroxyl groups excluding tert-OH is 2. The number of aldehydes is 1. The summed E-state index contributed by atoms with van der Waals surface area (Å²) >= 11 is 2.00. The van der Waals surface area contributed by atoms with Gasteiger partial charge >= 0.3 is 0 Å². The fraction of sp³-hybridized carbons (Fsp3) is 0.542. The van der Waals surface area contributed by atoms with Gasteiger partial charge in [0.2, 0.25) is 11.8 Å². The molecule has 11 heteroatoms. The summed E-state index contributed by atoms with van der Waals surface area (Å²) in [4.78, 5) is 38.0. The second-order valence-corrected chi connectivity index (χ2v) is 9.09. The van der Waals surface area contributed by atoms with Gasteiger partial charge in [-0.25, -0.2) is 0 Å². The van der Waals surface area contributed by atoms with Gasteiger partial charge in [0.1, 0.15) is 18.5 Å². The van der Waals surface area contributed by atoms with Crippen LogP contribution in [-0.2, 0) is 14.3 Å². The number of aliphatic hydroxyl groups is 2. The van der Waals surface area contributed by atoms with E-state index in [4.69, 9.17) is 19.3 Å². The molecule has 0 aliphatic heterocycles. The summed E-state index contributed by atoms with van der Waals surface area (Å²) in [5, 5.41) is 23.0. The summed E-state index contributed by atoms with van der Waals surface area (Å²) < 4.78 is 17.5. The number of rotatable bonds is 13. The second-order valence-electron chi connectivity index (χ2n) is 7.93. The summed E-state index contributed by atoms with van der Waals surface area (Å²) in [5.74, 6) is -0.0576. The lowest BCUT2D eigenvalue weighted by molar-refractivity contribution is -0.136. The highest BCUT2D eigenvalue weighted by molar-refractivity contribution is 14.1. The first-order valence-corrected chi connectivity index (χ1v) is 12.5. The molecular weight excluding hydrogens is 571 g/mol. The van der Waals surface area contributed by atoms with Crippen LogP contribution in [0.5, 0.6) is 11.5 Å². The first-order valence-electron chi connectivity index (χ1n) is 11.4. The van der Waals surface area contributed by atoms with Crippen molar-refractivity contribution in [1.29, 1.82) is 0 Å². The lowest BCUT2D eigenvalue weighted by Gasteiger charge is -2.40. The largest absolute Gasteiger partial charge is 0.493 e. The highest BCUT2D eigenvalue weighted by atomic mass is 127. The van der Waals surface area contributed by atoms with Crippen molar-refractivity contribution in [1.82, 2.24) is 10.2 Å². The Balaban J connectivity index is 2.41. The molecule has 2 amide bonds. The number of nitrogens with one attached hydrogen (secondary N) is 1. The Hall–Kier alpha value is -2.22. The van der Waals surface area contributed by atoms with Gasteiger partial charge in [-0.3, -0.25) is 14.4 Å². The lowest BCUT2D eigenvalue weighted by atomic mass is 9.88. The van der Waals surface area contributed by atoms with Crippen LogP contribution in [0.2, 0.25) is 0 Å². The fourth-order valence-electron chi connectivity index (χ4n) is 3.88. The molecule has 3 N–H and O–H groups in total. The molecule has 1 aliphatic carbocycles. The number of halogens is 1. The molecule has 35 heavy (non-hydrogen) atoms. The first kappa shape index (κ1) is 29.0. The number of benzene rings is 1. The van der Waals surface area contributed by atoms with Crippen molar-refractivity contribution in [3.63, 3.8) is 0 Å².